The number of hydrogen-bond acceptors (Lipinski definition) is 2. The van der Waals surface area contributed by atoms with Crippen molar-refractivity contribution in [2.75, 3.05) is 0 Å². The fourth-order valence-corrected chi connectivity index (χ4v) is 2.97. The summed E-state index contributed by atoms with van der Waals surface area (Å²) in [5, 5.41) is 9.04. The molecule has 1 aliphatic carbocycles. The molecule has 1 aromatic rings. The average molecular weight is 225 g/mol. The zero-order valence-corrected chi connectivity index (χ0v) is 8.72. The van der Waals surface area contributed by atoms with E-state index in [-0.39, 0.29) is 0 Å². The van der Waals surface area contributed by atoms with Crippen molar-refractivity contribution in [3.05, 3.63) is 35.4 Å². The van der Waals surface area contributed by atoms with Gasteiger partial charge in [-0.2, -0.15) is 4.89 Å². The Kier molecular flexibility index (Phi) is 2.55. The second kappa shape index (κ2) is 3.72. The Morgan fingerprint density at radius 1 is 1.40 bits per heavy atom. The topological polar surface area (TPSA) is 74.6 Å². The zero-order chi connectivity index (χ0) is 11.0. The molecule has 1 aromatic carbocycles. The minimum absolute atomic E-state index is 0.374. The standard InChI is InChI=1S/C10H9O4P/c11-10(12)9-7-4-2-1-3-6(7)5-8(9)15(13)14/h1-4,8-9H,5H2,(H-,11,12,13,14)/p+1/t8-,9-/m1/s1. The number of benzene rings is 1. The summed E-state index contributed by atoms with van der Waals surface area (Å²) in [6, 6.07) is 7.09. The minimum atomic E-state index is -2.45. The van der Waals surface area contributed by atoms with Crippen molar-refractivity contribution in [1.29, 1.82) is 0 Å². The van der Waals surface area contributed by atoms with Crippen LogP contribution in [0.25, 0.3) is 0 Å². The molecule has 2 rings (SSSR count). The van der Waals surface area contributed by atoms with Crippen LogP contribution in [-0.2, 0) is 15.8 Å². The maximum atomic E-state index is 11.1. The zero-order valence-electron chi connectivity index (χ0n) is 7.83. The third-order valence-electron chi connectivity index (χ3n) is 2.75. The van der Waals surface area contributed by atoms with Gasteiger partial charge in [0, 0.05) is 6.42 Å². The van der Waals surface area contributed by atoms with E-state index in [1.807, 2.05) is 12.1 Å². The smallest absolute Gasteiger partial charge is 0.481 e. The highest BCUT2D eigenvalue weighted by Crippen LogP contribution is 2.44. The summed E-state index contributed by atoms with van der Waals surface area (Å²) in [5.74, 6) is -1.86. The van der Waals surface area contributed by atoms with Crippen molar-refractivity contribution in [1.82, 2.24) is 0 Å². The summed E-state index contributed by atoms with van der Waals surface area (Å²) >= 11 is 0. The van der Waals surface area contributed by atoms with Crippen molar-refractivity contribution in [3.63, 3.8) is 0 Å². The summed E-state index contributed by atoms with van der Waals surface area (Å²) in [6.07, 6.45) is 0.374. The highest BCUT2D eigenvalue weighted by Gasteiger charge is 2.48. The molecule has 15 heavy (non-hydrogen) atoms. The van der Waals surface area contributed by atoms with Gasteiger partial charge in [-0.3, -0.25) is 4.79 Å². The van der Waals surface area contributed by atoms with Gasteiger partial charge in [0.1, 0.15) is 5.92 Å². The van der Waals surface area contributed by atoms with Crippen LogP contribution in [0.1, 0.15) is 17.0 Å². The Bertz CT molecular complexity index is 429. The third-order valence-corrected chi connectivity index (χ3v) is 3.80. The van der Waals surface area contributed by atoms with Gasteiger partial charge in [-0.25, -0.2) is 0 Å². The monoisotopic (exact) mass is 225 g/mol. The fourth-order valence-electron chi connectivity index (χ4n) is 2.08. The molecule has 1 aliphatic rings. The Morgan fingerprint density at radius 3 is 2.67 bits per heavy atom. The quantitative estimate of drug-likeness (QED) is 0.748. The van der Waals surface area contributed by atoms with Crippen molar-refractivity contribution in [2.45, 2.75) is 18.0 Å². The number of aliphatic carboxylic acids is 1. The predicted octanol–water partition coefficient (Wildman–Crippen LogP) is 1.51. The number of hydrogen-bond donors (Lipinski definition) is 2. The van der Waals surface area contributed by atoms with Gasteiger partial charge in [0.05, 0.1) is 0 Å². The Hall–Kier alpha value is -1.25. The SMILES string of the molecule is O=C(O)[C@@H]1c2ccccc2C[C@H]1[P+](=O)O. The molecule has 78 valence electrons. The fraction of sp³-hybridized carbons (Fsp3) is 0.300. The summed E-state index contributed by atoms with van der Waals surface area (Å²) in [5.41, 5.74) is 0.856. The molecule has 0 saturated heterocycles. The number of carboxylic acids is 1. The largest absolute Gasteiger partial charge is 0.510 e. The lowest BCUT2D eigenvalue weighted by Crippen LogP contribution is -2.19. The molecule has 0 heterocycles. The highest BCUT2D eigenvalue weighted by molar-refractivity contribution is 7.39. The van der Waals surface area contributed by atoms with E-state index in [0.29, 0.717) is 12.0 Å². The Morgan fingerprint density at radius 2 is 2.07 bits per heavy atom. The van der Waals surface area contributed by atoms with E-state index in [0.717, 1.165) is 5.56 Å². The van der Waals surface area contributed by atoms with Gasteiger partial charge in [0.25, 0.3) is 0 Å². The van der Waals surface area contributed by atoms with Crippen molar-refractivity contribution in [3.8, 4) is 0 Å². The lowest BCUT2D eigenvalue weighted by molar-refractivity contribution is -0.138. The first-order valence-corrected chi connectivity index (χ1v) is 5.85. The van der Waals surface area contributed by atoms with E-state index in [9.17, 15) is 9.36 Å². The molecule has 1 unspecified atom stereocenters. The highest BCUT2D eigenvalue weighted by atomic mass is 31.1. The normalized spacial score (nSPS) is 24.7. The number of carboxylic acid groups (broad SMARTS) is 1. The van der Waals surface area contributed by atoms with E-state index in [4.69, 9.17) is 10.00 Å². The van der Waals surface area contributed by atoms with Gasteiger partial charge >= 0.3 is 14.0 Å². The van der Waals surface area contributed by atoms with Crippen LogP contribution in [0.5, 0.6) is 0 Å². The van der Waals surface area contributed by atoms with Crippen LogP contribution >= 0.6 is 8.03 Å². The van der Waals surface area contributed by atoms with Crippen LogP contribution in [0.3, 0.4) is 0 Å². The van der Waals surface area contributed by atoms with Crippen LogP contribution < -0.4 is 0 Å². The van der Waals surface area contributed by atoms with Gasteiger partial charge < -0.3 is 5.11 Å². The van der Waals surface area contributed by atoms with E-state index in [2.05, 4.69) is 0 Å². The number of rotatable bonds is 2. The summed E-state index contributed by atoms with van der Waals surface area (Å²) in [7, 11) is -2.45. The maximum absolute atomic E-state index is 11.1. The number of carbonyl (C=O) groups is 1. The van der Waals surface area contributed by atoms with Crippen molar-refractivity contribution >= 4 is 14.0 Å². The molecule has 2 N–H and O–H groups in total. The lowest BCUT2D eigenvalue weighted by Gasteiger charge is -2.05. The first-order chi connectivity index (χ1) is 7.11. The first-order valence-electron chi connectivity index (χ1n) is 4.57. The molecule has 4 nitrogen and oxygen atoms in total. The second-order valence-corrected chi connectivity index (χ2v) is 4.86. The van der Waals surface area contributed by atoms with Gasteiger partial charge in [-0.15, -0.1) is 0 Å². The summed E-state index contributed by atoms with van der Waals surface area (Å²) in [4.78, 5) is 20.1. The molecule has 0 amide bonds. The van der Waals surface area contributed by atoms with Gasteiger partial charge in [-0.1, -0.05) is 24.3 Å². The molecule has 0 saturated carbocycles. The summed E-state index contributed by atoms with van der Waals surface area (Å²) < 4.78 is 11.1. The molecule has 3 atom stereocenters. The molecular formula is C10H10O4P+. The van der Waals surface area contributed by atoms with Crippen molar-refractivity contribution in [2.24, 2.45) is 0 Å². The first kappa shape index (κ1) is 10.3. The molecule has 0 aromatic heterocycles. The van der Waals surface area contributed by atoms with E-state index in [1.54, 1.807) is 12.1 Å². The second-order valence-electron chi connectivity index (χ2n) is 3.59. The third kappa shape index (κ3) is 1.66. The minimum Gasteiger partial charge on any atom is -0.481 e. The van der Waals surface area contributed by atoms with Crippen LogP contribution in [0.4, 0.5) is 0 Å². The van der Waals surface area contributed by atoms with Gasteiger partial charge in [0.15, 0.2) is 0 Å². The van der Waals surface area contributed by atoms with Crippen molar-refractivity contribution < 1.29 is 19.4 Å². The molecule has 0 spiro atoms. The van der Waals surface area contributed by atoms with E-state index in [1.165, 1.54) is 0 Å². The molecule has 0 radical (unpaired) electrons. The van der Waals surface area contributed by atoms with Crippen LogP contribution in [0.15, 0.2) is 24.3 Å². The maximum Gasteiger partial charge on any atom is 0.510 e. The Balaban J connectivity index is 2.46. The lowest BCUT2D eigenvalue weighted by atomic mass is 10.0. The van der Waals surface area contributed by atoms with Crippen LogP contribution in [0, 0.1) is 0 Å². The van der Waals surface area contributed by atoms with Crippen LogP contribution in [-0.4, -0.2) is 21.6 Å². The molecule has 5 heteroatoms. The summed E-state index contributed by atoms with van der Waals surface area (Å²) in [6.45, 7) is 0. The number of fused-ring (bicyclic) bond motifs is 1. The molecule has 0 fully saturated rings. The van der Waals surface area contributed by atoms with E-state index >= 15 is 0 Å². The van der Waals surface area contributed by atoms with E-state index < -0.39 is 25.6 Å². The molecule has 0 aliphatic heterocycles. The van der Waals surface area contributed by atoms with Gasteiger partial charge in [-0.05, 0) is 15.7 Å². The predicted molar refractivity (Wildman–Crippen MR) is 54.1 cm³/mol. The molecular weight excluding hydrogens is 215 g/mol. The Labute approximate surface area is 87.4 Å². The van der Waals surface area contributed by atoms with Gasteiger partial charge in [0.2, 0.25) is 5.66 Å². The molecule has 0 bridgehead atoms. The average Bonchev–Trinajstić information content (AvgIpc) is 2.56. The van der Waals surface area contributed by atoms with Crippen LogP contribution in [0.2, 0.25) is 0 Å².